The van der Waals surface area contributed by atoms with Crippen molar-refractivity contribution in [2.75, 3.05) is 5.88 Å². The summed E-state index contributed by atoms with van der Waals surface area (Å²) in [7, 11) is 0. The lowest BCUT2D eigenvalue weighted by atomic mass is 10.2. The van der Waals surface area contributed by atoms with E-state index in [1.165, 1.54) is 12.1 Å². The molecule has 0 aliphatic carbocycles. The molecule has 5 heteroatoms. The quantitative estimate of drug-likeness (QED) is 0.639. The van der Waals surface area contributed by atoms with Crippen LogP contribution in [0.25, 0.3) is 11.0 Å². The molecule has 0 spiro atoms. The van der Waals surface area contributed by atoms with Crippen LogP contribution in [0.15, 0.2) is 42.5 Å². The zero-order chi connectivity index (χ0) is 14.8. The Balaban J connectivity index is 2.08. The minimum Gasteiger partial charge on any atom is -0.323 e. The highest BCUT2D eigenvalue weighted by Crippen LogP contribution is 2.25. The fourth-order valence-corrected chi connectivity index (χ4v) is 2.77. The number of halogens is 3. The number of nitrogens with zero attached hydrogens (tertiary/aromatic N) is 2. The third-order valence-corrected chi connectivity index (χ3v) is 3.87. The van der Waals surface area contributed by atoms with E-state index in [9.17, 15) is 4.39 Å². The molecule has 0 amide bonds. The van der Waals surface area contributed by atoms with Gasteiger partial charge in [-0.05, 0) is 29.8 Å². The number of imidazole rings is 1. The fraction of sp³-hybridized carbons (Fsp3) is 0.188. The first-order valence-corrected chi connectivity index (χ1v) is 7.54. The zero-order valence-electron chi connectivity index (χ0n) is 11.2. The van der Waals surface area contributed by atoms with E-state index in [0.29, 0.717) is 23.9 Å². The normalized spacial score (nSPS) is 11.2. The van der Waals surface area contributed by atoms with Gasteiger partial charge in [-0.2, -0.15) is 0 Å². The number of hydrogen-bond acceptors (Lipinski definition) is 1. The molecular weight excluding hydrogens is 310 g/mol. The van der Waals surface area contributed by atoms with Gasteiger partial charge in [0.2, 0.25) is 0 Å². The van der Waals surface area contributed by atoms with Gasteiger partial charge < -0.3 is 4.57 Å². The molecule has 1 aromatic heterocycles. The number of hydrogen-bond donors (Lipinski definition) is 0. The van der Waals surface area contributed by atoms with Crippen molar-refractivity contribution < 1.29 is 4.39 Å². The molecule has 2 nitrogen and oxygen atoms in total. The van der Waals surface area contributed by atoms with Crippen molar-refractivity contribution in [1.82, 2.24) is 9.55 Å². The highest BCUT2D eigenvalue weighted by Gasteiger charge is 2.12. The van der Waals surface area contributed by atoms with Gasteiger partial charge in [-0.15, -0.1) is 11.6 Å². The summed E-state index contributed by atoms with van der Waals surface area (Å²) in [5.41, 5.74) is 2.75. The Hall–Kier alpha value is -1.58. The Kier molecular flexibility index (Phi) is 4.13. The molecule has 108 valence electrons. The first-order valence-electron chi connectivity index (χ1n) is 6.63. The van der Waals surface area contributed by atoms with Crippen LogP contribution in [0, 0.1) is 5.82 Å². The molecule has 2 aromatic carbocycles. The minimum absolute atomic E-state index is 0.238. The second-order valence-electron chi connectivity index (χ2n) is 4.79. The molecule has 0 unspecified atom stereocenters. The van der Waals surface area contributed by atoms with Crippen molar-refractivity contribution in [3.05, 3.63) is 64.7 Å². The summed E-state index contributed by atoms with van der Waals surface area (Å²) in [6, 6.07) is 12.2. The second-order valence-corrected chi connectivity index (χ2v) is 5.57. The Morgan fingerprint density at radius 2 is 1.86 bits per heavy atom. The van der Waals surface area contributed by atoms with Crippen LogP contribution >= 0.6 is 23.2 Å². The molecule has 0 N–H and O–H groups in total. The highest BCUT2D eigenvalue weighted by atomic mass is 35.5. The van der Waals surface area contributed by atoms with Crippen molar-refractivity contribution in [2.24, 2.45) is 0 Å². The first kappa shape index (κ1) is 14.4. The third kappa shape index (κ3) is 2.89. The molecule has 0 aliphatic rings. The molecule has 0 fully saturated rings. The molecule has 0 radical (unpaired) electrons. The molecule has 0 aliphatic heterocycles. The highest BCUT2D eigenvalue weighted by molar-refractivity contribution is 6.34. The molecule has 3 rings (SSSR count). The van der Waals surface area contributed by atoms with E-state index in [-0.39, 0.29) is 5.82 Å². The van der Waals surface area contributed by atoms with Crippen LogP contribution in [0.2, 0.25) is 5.02 Å². The van der Waals surface area contributed by atoms with Gasteiger partial charge in [-0.1, -0.05) is 29.8 Å². The maximum absolute atomic E-state index is 13.0. The number of aromatic nitrogens is 2. The van der Waals surface area contributed by atoms with E-state index in [2.05, 4.69) is 9.55 Å². The molecule has 0 saturated carbocycles. The zero-order valence-corrected chi connectivity index (χ0v) is 12.7. The van der Waals surface area contributed by atoms with Crippen LogP contribution < -0.4 is 0 Å². The van der Waals surface area contributed by atoms with E-state index < -0.39 is 0 Å². The predicted octanol–water partition coefficient (Wildman–Crippen LogP) is 4.66. The largest absolute Gasteiger partial charge is 0.323 e. The molecule has 3 aromatic rings. The van der Waals surface area contributed by atoms with Crippen molar-refractivity contribution >= 4 is 34.2 Å². The van der Waals surface area contributed by atoms with E-state index in [4.69, 9.17) is 23.2 Å². The number of para-hydroxylation sites is 1. The van der Waals surface area contributed by atoms with Gasteiger partial charge in [0.05, 0.1) is 10.5 Å². The number of alkyl halides is 1. The lowest BCUT2D eigenvalue weighted by Crippen LogP contribution is -2.06. The summed E-state index contributed by atoms with van der Waals surface area (Å²) in [4.78, 5) is 4.59. The predicted molar refractivity (Wildman–Crippen MR) is 84.7 cm³/mol. The monoisotopic (exact) mass is 322 g/mol. The number of rotatable bonds is 4. The van der Waals surface area contributed by atoms with Crippen LogP contribution in [-0.2, 0) is 13.0 Å². The van der Waals surface area contributed by atoms with Gasteiger partial charge in [-0.25, -0.2) is 9.37 Å². The van der Waals surface area contributed by atoms with Crippen LogP contribution in [0.3, 0.4) is 0 Å². The van der Waals surface area contributed by atoms with Gasteiger partial charge in [0.25, 0.3) is 0 Å². The average Bonchev–Trinajstić information content (AvgIpc) is 2.82. The summed E-state index contributed by atoms with van der Waals surface area (Å²) in [6.07, 6.45) is 0.660. The Morgan fingerprint density at radius 1 is 1.10 bits per heavy atom. The van der Waals surface area contributed by atoms with Gasteiger partial charge >= 0.3 is 0 Å². The maximum atomic E-state index is 13.0. The van der Waals surface area contributed by atoms with Crippen molar-refractivity contribution in [2.45, 2.75) is 13.0 Å². The molecule has 0 bridgehead atoms. The topological polar surface area (TPSA) is 17.8 Å². The lowest BCUT2D eigenvalue weighted by Gasteiger charge is -2.09. The summed E-state index contributed by atoms with van der Waals surface area (Å²) in [5.74, 6) is 1.14. The molecule has 0 saturated heterocycles. The number of benzene rings is 2. The Bertz CT molecular complexity index is 766. The van der Waals surface area contributed by atoms with E-state index in [1.807, 2.05) is 18.2 Å². The lowest BCUT2D eigenvalue weighted by molar-refractivity contribution is 0.626. The van der Waals surface area contributed by atoms with Gasteiger partial charge in [0.1, 0.15) is 17.2 Å². The number of fused-ring (bicyclic) bond motifs is 1. The van der Waals surface area contributed by atoms with Crippen molar-refractivity contribution in [1.29, 1.82) is 0 Å². The van der Waals surface area contributed by atoms with Crippen LogP contribution in [0.4, 0.5) is 4.39 Å². The van der Waals surface area contributed by atoms with E-state index in [1.54, 1.807) is 12.1 Å². The third-order valence-electron chi connectivity index (χ3n) is 3.38. The molecular formula is C16H13Cl2FN2. The maximum Gasteiger partial charge on any atom is 0.123 e. The smallest absolute Gasteiger partial charge is 0.123 e. The molecule has 21 heavy (non-hydrogen) atoms. The van der Waals surface area contributed by atoms with Crippen LogP contribution in [-0.4, -0.2) is 15.4 Å². The first-order chi connectivity index (χ1) is 10.2. The minimum atomic E-state index is -0.238. The average molecular weight is 323 g/mol. The SMILES string of the molecule is Fc1ccc(Cn2c(CCCl)nc3c(Cl)cccc32)cc1. The number of aryl methyl sites for hydroxylation is 1. The van der Waals surface area contributed by atoms with Gasteiger partial charge in [-0.3, -0.25) is 0 Å². The summed E-state index contributed by atoms with van der Waals surface area (Å²) < 4.78 is 15.1. The summed E-state index contributed by atoms with van der Waals surface area (Å²) in [6.45, 7) is 0.614. The molecule has 0 atom stereocenters. The second kappa shape index (κ2) is 6.04. The standard InChI is InChI=1S/C16H13Cl2FN2/c17-9-8-15-20-16-13(18)2-1-3-14(16)21(15)10-11-4-6-12(19)7-5-11/h1-7H,8-10H2. The Morgan fingerprint density at radius 3 is 2.57 bits per heavy atom. The van der Waals surface area contributed by atoms with Gasteiger partial charge in [0.15, 0.2) is 0 Å². The molecule has 1 heterocycles. The van der Waals surface area contributed by atoms with Crippen molar-refractivity contribution in [3.8, 4) is 0 Å². The van der Waals surface area contributed by atoms with Gasteiger partial charge in [0, 0.05) is 18.8 Å². The van der Waals surface area contributed by atoms with Crippen LogP contribution in [0.1, 0.15) is 11.4 Å². The summed E-state index contributed by atoms with van der Waals surface area (Å²) >= 11 is 12.1. The summed E-state index contributed by atoms with van der Waals surface area (Å²) in [5, 5.41) is 0.626. The van der Waals surface area contributed by atoms with Crippen molar-refractivity contribution in [3.63, 3.8) is 0 Å². The van der Waals surface area contributed by atoms with Crippen LogP contribution in [0.5, 0.6) is 0 Å². The fourth-order valence-electron chi connectivity index (χ4n) is 2.39. The van der Waals surface area contributed by atoms with E-state index in [0.717, 1.165) is 22.4 Å². The van der Waals surface area contributed by atoms with E-state index >= 15 is 0 Å². The Labute approximate surface area is 132 Å².